The summed E-state index contributed by atoms with van der Waals surface area (Å²) in [5.41, 5.74) is 0.397. The fourth-order valence-electron chi connectivity index (χ4n) is 2.99. The average Bonchev–Trinajstić information content (AvgIpc) is 2.91. The SMILES string of the molecule is CN=c1o[n-][n+](N2C(C)CCCC2C)c1Oc1ccccc1. The van der Waals surface area contributed by atoms with Crippen LogP contribution in [0.4, 0.5) is 0 Å². The van der Waals surface area contributed by atoms with E-state index in [2.05, 4.69) is 29.1 Å². The smallest absolute Gasteiger partial charge is 0.400 e. The molecule has 1 aliphatic heterocycles. The Bertz CT molecular complexity index is 667. The third-order valence-electron chi connectivity index (χ3n) is 4.10. The lowest BCUT2D eigenvalue weighted by Crippen LogP contribution is -2.69. The van der Waals surface area contributed by atoms with Crippen LogP contribution in [0.2, 0.25) is 0 Å². The molecule has 2 aromatic rings. The average molecular weight is 302 g/mol. The molecule has 1 aromatic carbocycles. The van der Waals surface area contributed by atoms with Crippen LogP contribution in [-0.2, 0) is 0 Å². The first-order chi connectivity index (χ1) is 10.7. The van der Waals surface area contributed by atoms with E-state index < -0.39 is 0 Å². The number of nitrogens with zero attached hydrogens (tertiary/aromatic N) is 4. The molecule has 2 atom stereocenters. The third kappa shape index (κ3) is 2.73. The van der Waals surface area contributed by atoms with Crippen molar-refractivity contribution in [2.24, 2.45) is 4.99 Å². The molecule has 0 bridgehead atoms. The van der Waals surface area contributed by atoms with Gasteiger partial charge in [-0.25, -0.2) is 4.99 Å². The molecule has 0 spiro atoms. The molecule has 6 heteroatoms. The highest BCUT2D eigenvalue weighted by molar-refractivity contribution is 5.23. The molecule has 1 aromatic heterocycles. The van der Waals surface area contributed by atoms with Crippen molar-refractivity contribution >= 4 is 0 Å². The molecule has 1 aliphatic rings. The van der Waals surface area contributed by atoms with Crippen molar-refractivity contribution in [3.05, 3.63) is 35.9 Å². The largest absolute Gasteiger partial charge is 0.460 e. The summed E-state index contributed by atoms with van der Waals surface area (Å²) in [6.45, 7) is 4.40. The van der Waals surface area contributed by atoms with Gasteiger partial charge in [-0.3, -0.25) is 5.01 Å². The number of rotatable bonds is 3. The zero-order valence-corrected chi connectivity index (χ0v) is 13.3. The maximum absolute atomic E-state index is 5.99. The monoisotopic (exact) mass is 302 g/mol. The second kappa shape index (κ2) is 6.25. The second-order valence-corrected chi connectivity index (χ2v) is 5.72. The molecule has 22 heavy (non-hydrogen) atoms. The third-order valence-corrected chi connectivity index (χ3v) is 4.10. The van der Waals surface area contributed by atoms with Gasteiger partial charge in [-0.2, -0.15) is 0 Å². The van der Waals surface area contributed by atoms with Crippen LogP contribution in [0.3, 0.4) is 0 Å². The van der Waals surface area contributed by atoms with Crippen LogP contribution in [0.25, 0.3) is 0 Å². The fourth-order valence-corrected chi connectivity index (χ4v) is 2.99. The van der Waals surface area contributed by atoms with Crippen LogP contribution >= 0.6 is 0 Å². The second-order valence-electron chi connectivity index (χ2n) is 5.72. The van der Waals surface area contributed by atoms with Crippen LogP contribution in [0.1, 0.15) is 33.1 Å². The molecule has 1 saturated heterocycles. The van der Waals surface area contributed by atoms with Gasteiger partial charge in [0.2, 0.25) is 0 Å². The van der Waals surface area contributed by atoms with E-state index in [-0.39, 0.29) is 0 Å². The van der Waals surface area contributed by atoms with E-state index >= 15 is 0 Å². The molecule has 0 saturated carbocycles. The van der Waals surface area contributed by atoms with Gasteiger partial charge >= 0.3 is 11.4 Å². The van der Waals surface area contributed by atoms with Crippen molar-refractivity contribution in [3.63, 3.8) is 0 Å². The highest BCUT2D eigenvalue weighted by Crippen LogP contribution is 2.20. The standard InChI is InChI=1S/C16H22N4O2/c1-12-8-7-9-13(2)19(12)20-16(15(17-3)22-18-20)21-14-10-5-4-6-11-14/h4-6,10-13H,7-9H2,1-3H3. The summed E-state index contributed by atoms with van der Waals surface area (Å²) in [6, 6.07) is 10.4. The summed E-state index contributed by atoms with van der Waals surface area (Å²) >= 11 is 0. The summed E-state index contributed by atoms with van der Waals surface area (Å²) in [5, 5.41) is 6.36. The molecular formula is C16H22N4O2. The van der Waals surface area contributed by atoms with Crippen LogP contribution < -0.4 is 25.4 Å². The summed E-state index contributed by atoms with van der Waals surface area (Å²) in [7, 11) is 1.67. The number of hydrogen-bond acceptors (Lipinski definition) is 4. The van der Waals surface area contributed by atoms with Crippen molar-refractivity contribution in [1.29, 1.82) is 0 Å². The van der Waals surface area contributed by atoms with Gasteiger partial charge in [0, 0.05) is 19.1 Å². The van der Waals surface area contributed by atoms with E-state index in [1.54, 1.807) is 11.8 Å². The topological polar surface area (TPSA) is 56.0 Å². The Labute approximate surface area is 130 Å². The van der Waals surface area contributed by atoms with Crippen molar-refractivity contribution in [1.82, 2.24) is 5.27 Å². The van der Waals surface area contributed by atoms with Gasteiger partial charge in [0.1, 0.15) is 5.75 Å². The first kappa shape index (κ1) is 14.7. The molecular weight excluding hydrogens is 280 g/mol. The van der Waals surface area contributed by atoms with Crippen molar-refractivity contribution in [2.45, 2.75) is 45.2 Å². The van der Waals surface area contributed by atoms with E-state index in [4.69, 9.17) is 9.26 Å². The van der Waals surface area contributed by atoms with Crippen LogP contribution in [0, 0.1) is 0 Å². The summed E-state index contributed by atoms with van der Waals surface area (Å²) in [4.78, 5) is 5.86. The van der Waals surface area contributed by atoms with Crippen molar-refractivity contribution in [3.8, 4) is 11.6 Å². The molecule has 0 N–H and O–H groups in total. The summed E-state index contributed by atoms with van der Waals surface area (Å²) in [6.07, 6.45) is 3.50. The van der Waals surface area contributed by atoms with Gasteiger partial charge in [-0.05, 0) is 30.2 Å². The Hall–Kier alpha value is -2.24. The molecule has 3 rings (SSSR count). The zero-order chi connectivity index (χ0) is 15.5. The van der Waals surface area contributed by atoms with E-state index in [0.717, 1.165) is 18.6 Å². The quantitative estimate of drug-likeness (QED) is 0.811. The molecule has 0 radical (unpaired) electrons. The van der Waals surface area contributed by atoms with Crippen LogP contribution in [0.15, 0.2) is 39.8 Å². The van der Waals surface area contributed by atoms with Crippen molar-refractivity contribution in [2.75, 3.05) is 12.1 Å². The first-order valence-electron chi connectivity index (χ1n) is 7.74. The highest BCUT2D eigenvalue weighted by Gasteiger charge is 2.31. The molecule has 2 unspecified atom stereocenters. The number of piperidine rings is 1. The lowest BCUT2D eigenvalue weighted by atomic mass is 10.00. The maximum atomic E-state index is 5.99. The Balaban J connectivity index is 2.00. The normalized spacial score (nSPS) is 22.9. The Morgan fingerprint density at radius 3 is 2.55 bits per heavy atom. The number of para-hydroxylation sites is 1. The molecule has 0 aliphatic carbocycles. The lowest BCUT2D eigenvalue weighted by Gasteiger charge is -2.39. The van der Waals surface area contributed by atoms with Crippen molar-refractivity contribution < 1.29 is 14.1 Å². The maximum Gasteiger partial charge on any atom is 0.460 e. The number of benzene rings is 1. The fraction of sp³-hybridized carbons (Fsp3) is 0.500. The minimum atomic E-state index is 0.377. The van der Waals surface area contributed by atoms with Gasteiger partial charge in [-0.1, -0.05) is 43.3 Å². The molecule has 2 heterocycles. The predicted octanol–water partition coefficient (Wildman–Crippen LogP) is 1.75. The Kier molecular flexibility index (Phi) is 4.18. The molecule has 0 amide bonds. The summed E-state index contributed by atoms with van der Waals surface area (Å²) < 4.78 is 11.3. The number of hydrogen-bond donors (Lipinski definition) is 0. The van der Waals surface area contributed by atoms with Gasteiger partial charge in [0.05, 0.1) is 0 Å². The first-order valence-corrected chi connectivity index (χ1v) is 7.74. The van der Waals surface area contributed by atoms with Crippen LogP contribution in [-0.4, -0.2) is 19.1 Å². The van der Waals surface area contributed by atoms with E-state index in [9.17, 15) is 0 Å². The zero-order valence-electron chi connectivity index (χ0n) is 13.3. The molecule has 118 valence electrons. The van der Waals surface area contributed by atoms with Gasteiger partial charge in [0.15, 0.2) is 0 Å². The van der Waals surface area contributed by atoms with Crippen LogP contribution in [0.5, 0.6) is 11.6 Å². The Morgan fingerprint density at radius 1 is 1.23 bits per heavy atom. The van der Waals surface area contributed by atoms with E-state index in [1.165, 1.54) is 6.42 Å². The minimum absolute atomic E-state index is 0.377. The van der Waals surface area contributed by atoms with E-state index in [0.29, 0.717) is 23.5 Å². The van der Waals surface area contributed by atoms with Gasteiger partial charge in [-0.15, -0.1) is 0 Å². The van der Waals surface area contributed by atoms with Gasteiger partial charge < -0.3 is 9.26 Å². The van der Waals surface area contributed by atoms with E-state index in [1.807, 2.05) is 30.3 Å². The number of aromatic nitrogens is 2. The lowest BCUT2D eigenvalue weighted by molar-refractivity contribution is -0.773. The Morgan fingerprint density at radius 2 is 1.91 bits per heavy atom. The minimum Gasteiger partial charge on any atom is -0.400 e. The highest BCUT2D eigenvalue weighted by atomic mass is 16.6. The molecule has 6 nitrogen and oxygen atoms in total. The number of ether oxygens (including phenoxy) is 1. The summed E-state index contributed by atoms with van der Waals surface area (Å²) in [5.74, 6) is 1.26. The predicted molar refractivity (Wildman–Crippen MR) is 81.2 cm³/mol. The molecule has 1 fully saturated rings. The van der Waals surface area contributed by atoms with Gasteiger partial charge in [0.25, 0.3) is 0 Å².